The number of nitrogens with one attached hydrogen (secondary N) is 1. The van der Waals surface area contributed by atoms with Gasteiger partial charge in [0.15, 0.2) is 6.61 Å². The van der Waals surface area contributed by atoms with Gasteiger partial charge >= 0.3 is 5.97 Å². The van der Waals surface area contributed by atoms with E-state index in [2.05, 4.69) is 5.32 Å². The van der Waals surface area contributed by atoms with Gasteiger partial charge in [-0.1, -0.05) is 6.07 Å². The van der Waals surface area contributed by atoms with E-state index < -0.39 is 22.6 Å². The maximum absolute atomic E-state index is 12.8. The van der Waals surface area contributed by atoms with Crippen LogP contribution in [0.1, 0.15) is 34.1 Å². The number of ether oxygens (including phenoxy) is 1. The lowest BCUT2D eigenvalue weighted by Gasteiger charge is -2.23. The van der Waals surface area contributed by atoms with Crippen LogP contribution in [0.25, 0.3) is 0 Å². The minimum Gasteiger partial charge on any atom is -0.452 e. The largest absolute Gasteiger partial charge is 0.452 e. The van der Waals surface area contributed by atoms with Crippen LogP contribution in [0.2, 0.25) is 0 Å². The van der Waals surface area contributed by atoms with Gasteiger partial charge in [0.25, 0.3) is 5.91 Å². The number of sulfonamides is 1. The van der Waals surface area contributed by atoms with E-state index >= 15 is 0 Å². The Labute approximate surface area is 191 Å². The van der Waals surface area contributed by atoms with E-state index in [1.807, 2.05) is 17.5 Å². The summed E-state index contributed by atoms with van der Waals surface area (Å²) < 4.78 is 31.3. The Hall–Kier alpha value is -2.47. The van der Waals surface area contributed by atoms with Crippen LogP contribution in [-0.4, -0.2) is 75.0 Å². The number of hydrogen-bond donors (Lipinski definition) is 2. The lowest BCUT2D eigenvalue weighted by Crippen LogP contribution is -2.34. The van der Waals surface area contributed by atoms with Crippen LogP contribution in [0.4, 0.5) is 5.69 Å². The van der Waals surface area contributed by atoms with Gasteiger partial charge in [-0.2, -0.15) is 0 Å². The molecule has 2 N–H and O–H groups in total. The molecule has 0 bridgehead atoms. The summed E-state index contributed by atoms with van der Waals surface area (Å²) in [6.07, 6.45) is 1.74. The van der Waals surface area contributed by atoms with Crippen LogP contribution < -0.4 is 5.32 Å². The molecule has 1 amide bonds. The number of rotatable bonds is 9. The monoisotopic (exact) mass is 481 g/mol. The van der Waals surface area contributed by atoms with Crippen molar-refractivity contribution < 1.29 is 27.9 Å². The van der Waals surface area contributed by atoms with E-state index in [1.54, 1.807) is 16.2 Å². The summed E-state index contributed by atoms with van der Waals surface area (Å²) in [4.78, 5) is 28.3. The molecule has 2 aromatic rings. The maximum atomic E-state index is 12.8. The Balaban J connectivity index is 1.76. The standard InChI is InChI=1S/C21H27N3O6S2/c1-23(2)32(28,29)15-7-8-17(22-9-11-25)16(13-15)21(27)30-14-20(26)24-10-3-5-18(24)19-6-4-12-31-19/h4,6-8,12-13,18,22,25H,3,5,9-11,14H2,1-2H3. The fourth-order valence-corrected chi connectivity index (χ4v) is 5.34. The highest BCUT2D eigenvalue weighted by atomic mass is 32.2. The summed E-state index contributed by atoms with van der Waals surface area (Å²) in [6, 6.07) is 7.94. The van der Waals surface area contributed by atoms with Gasteiger partial charge in [-0.3, -0.25) is 4.79 Å². The SMILES string of the molecule is CN(C)S(=O)(=O)c1ccc(NCCO)c(C(=O)OCC(=O)N2CCCC2c2cccs2)c1. The Bertz CT molecular complexity index is 1050. The molecule has 174 valence electrons. The molecule has 0 spiro atoms. The molecule has 3 rings (SSSR count). The van der Waals surface area contributed by atoms with Crippen molar-refractivity contribution in [1.29, 1.82) is 0 Å². The molecule has 2 heterocycles. The molecular weight excluding hydrogens is 454 g/mol. The molecule has 1 saturated heterocycles. The second-order valence-electron chi connectivity index (χ2n) is 7.48. The Kier molecular flexibility index (Phi) is 7.88. The zero-order valence-electron chi connectivity index (χ0n) is 18.0. The highest BCUT2D eigenvalue weighted by molar-refractivity contribution is 7.89. The maximum Gasteiger partial charge on any atom is 0.340 e. The Morgan fingerprint density at radius 1 is 1.31 bits per heavy atom. The molecule has 32 heavy (non-hydrogen) atoms. The lowest BCUT2D eigenvalue weighted by atomic mass is 10.1. The summed E-state index contributed by atoms with van der Waals surface area (Å²) in [5.74, 6) is -1.11. The zero-order valence-corrected chi connectivity index (χ0v) is 19.6. The number of thiophene rings is 1. The number of nitrogens with zero attached hydrogens (tertiary/aromatic N) is 2. The fourth-order valence-electron chi connectivity index (χ4n) is 3.54. The summed E-state index contributed by atoms with van der Waals surface area (Å²) in [7, 11) is -0.987. The number of carbonyl (C=O) groups excluding carboxylic acids is 2. The minimum absolute atomic E-state index is 0.0171. The number of anilines is 1. The van der Waals surface area contributed by atoms with Gasteiger partial charge in [-0.05, 0) is 42.5 Å². The summed E-state index contributed by atoms with van der Waals surface area (Å²) in [5.41, 5.74) is 0.289. The number of hydrogen-bond acceptors (Lipinski definition) is 8. The number of esters is 1. The molecule has 1 fully saturated rings. The second-order valence-corrected chi connectivity index (χ2v) is 10.6. The number of amides is 1. The Morgan fingerprint density at radius 3 is 2.75 bits per heavy atom. The van der Waals surface area contributed by atoms with Crippen molar-refractivity contribution in [3.63, 3.8) is 0 Å². The van der Waals surface area contributed by atoms with E-state index in [0.717, 1.165) is 22.0 Å². The van der Waals surface area contributed by atoms with Crippen LogP contribution in [0.15, 0.2) is 40.6 Å². The average Bonchev–Trinajstić information content (AvgIpc) is 3.47. The lowest BCUT2D eigenvalue weighted by molar-refractivity contribution is -0.135. The molecule has 9 nitrogen and oxygen atoms in total. The van der Waals surface area contributed by atoms with Crippen LogP contribution in [0.5, 0.6) is 0 Å². The van der Waals surface area contributed by atoms with Crippen molar-refractivity contribution in [2.24, 2.45) is 0 Å². The summed E-state index contributed by atoms with van der Waals surface area (Å²) >= 11 is 1.59. The number of aliphatic hydroxyl groups is 1. The van der Waals surface area contributed by atoms with E-state index in [0.29, 0.717) is 12.2 Å². The van der Waals surface area contributed by atoms with E-state index in [4.69, 9.17) is 9.84 Å². The topological polar surface area (TPSA) is 116 Å². The molecule has 0 aliphatic carbocycles. The molecule has 0 radical (unpaired) electrons. The number of carbonyl (C=O) groups is 2. The van der Waals surface area contributed by atoms with Crippen LogP contribution in [-0.2, 0) is 19.6 Å². The summed E-state index contributed by atoms with van der Waals surface area (Å²) in [6.45, 7) is 0.142. The smallest absolute Gasteiger partial charge is 0.340 e. The van der Waals surface area contributed by atoms with E-state index in [-0.39, 0.29) is 35.6 Å². The van der Waals surface area contributed by atoms with Crippen LogP contribution in [0, 0.1) is 0 Å². The molecule has 1 aromatic heterocycles. The van der Waals surface area contributed by atoms with Gasteiger partial charge < -0.3 is 20.1 Å². The first-order valence-electron chi connectivity index (χ1n) is 10.2. The summed E-state index contributed by atoms with van der Waals surface area (Å²) in [5, 5.41) is 13.9. The van der Waals surface area contributed by atoms with Gasteiger partial charge in [-0.15, -0.1) is 11.3 Å². The molecular formula is C21H27N3O6S2. The molecule has 0 saturated carbocycles. The number of benzene rings is 1. The van der Waals surface area contributed by atoms with Crippen molar-refractivity contribution in [3.05, 3.63) is 46.2 Å². The van der Waals surface area contributed by atoms with E-state index in [1.165, 1.54) is 32.3 Å². The highest BCUT2D eigenvalue weighted by Gasteiger charge is 2.31. The van der Waals surface area contributed by atoms with E-state index in [9.17, 15) is 18.0 Å². The highest BCUT2D eigenvalue weighted by Crippen LogP contribution is 2.34. The van der Waals surface area contributed by atoms with Crippen molar-refractivity contribution in [1.82, 2.24) is 9.21 Å². The quantitative estimate of drug-likeness (QED) is 0.526. The molecule has 11 heteroatoms. The van der Waals surface area contributed by atoms with Gasteiger partial charge in [-0.25, -0.2) is 17.5 Å². The Morgan fingerprint density at radius 2 is 2.09 bits per heavy atom. The third-order valence-electron chi connectivity index (χ3n) is 5.19. The third kappa shape index (κ3) is 5.29. The first kappa shape index (κ1) is 24.2. The number of likely N-dealkylation sites (tertiary alicyclic amines) is 1. The van der Waals surface area contributed by atoms with Crippen molar-refractivity contribution >= 4 is 38.9 Å². The van der Waals surface area contributed by atoms with Gasteiger partial charge in [0.1, 0.15) is 0 Å². The third-order valence-corrected chi connectivity index (χ3v) is 7.97. The normalized spacial score (nSPS) is 16.4. The van der Waals surface area contributed by atoms with Gasteiger partial charge in [0, 0.05) is 37.7 Å². The molecule has 1 atom stereocenters. The van der Waals surface area contributed by atoms with Crippen LogP contribution in [0.3, 0.4) is 0 Å². The average molecular weight is 482 g/mol. The predicted octanol–water partition coefficient (Wildman–Crippen LogP) is 1.92. The minimum atomic E-state index is -3.77. The first-order chi connectivity index (χ1) is 15.3. The second kappa shape index (κ2) is 10.4. The van der Waals surface area contributed by atoms with Crippen molar-refractivity contribution in [2.75, 3.05) is 45.7 Å². The fraction of sp³-hybridized carbons (Fsp3) is 0.429. The molecule has 1 unspecified atom stereocenters. The number of aliphatic hydroxyl groups excluding tert-OH is 1. The van der Waals surface area contributed by atoms with Gasteiger partial charge in [0.2, 0.25) is 10.0 Å². The molecule has 1 aliphatic rings. The van der Waals surface area contributed by atoms with Crippen LogP contribution >= 0.6 is 11.3 Å². The first-order valence-corrected chi connectivity index (χ1v) is 12.5. The van der Waals surface area contributed by atoms with Crippen molar-refractivity contribution in [3.8, 4) is 0 Å². The van der Waals surface area contributed by atoms with Gasteiger partial charge in [0.05, 0.1) is 23.1 Å². The molecule has 1 aliphatic heterocycles. The molecule has 1 aromatic carbocycles. The predicted molar refractivity (Wildman–Crippen MR) is 121 cm³/mol. The zero-order chi connectivity index (χ0) is 23.3. The van der Waals surface area contributed by atoms with Crippen molar-refractivity contribution in [2.45, 2.75) is 23.8 Å².